The molecule has 1 fully saturated rings. The molecule has 0 radical (unpaired) electrons. The average molecular weight is 413 g/mol. The number of hydrogen-bond acceptors (Lipinski definition) is 6. The van der Waals surface area contributed by atoms with Crippen LogP contribution in [0.3, 0.4) is 0 Å². The number of nitrogens with zero attached hydrogens (tertiary/aromatic N) is 2. The van der Waals surface area contributed by atoms with Crippen molar-refractivity contribution in [2.75, 3.05) is 26.1 Å². The Kier molecular flexibility index (Phi) is 6.77. The first-order valence-corrected chi connectivity index (χ1v) is 10.1. The number of hydrogen-bond donors (Lipinski definition) is 1. The number of anilines is 1. The minimum absolute atomic E-state index is 0.102. The summed E-state index contributed by atoms with van der Waals surface area (Å²) in [6.45, 7) is 2.35. The highest BCUT2D eigenvalue weighted by atomic mass is 32.2. The molecule has 7 nitrogen and oxygen atoms in total. The first kappa shape index (κ1) is 20.7. The third kappa shape index (κ3) is 4.71. The number of thioether (sulfide) groups is 1. The number of carbonyl (C=O) groups is 2. The molecule has 1 aliphatic heterocycles. The molecule has 2 aromatic carbocycles. The Labute approximate surface area is 174 Å². The van der Waals surface area contributed by atoms with E-state index >= 15 is 0 Å². The summed E-state index contributed by atoms with van der Waals surface area (Å²) >= 11 is 1.27. The lowest BCUT2D eigenvalue weighted by molar-refractivity contribution is -0.129. The van der Waals surface area contributed by atoms with Gasteiger partial charge in [0, 0.05) is 13.0 Å². The Hall–Kier alpha value is -3.00. The first-order valence-electron chi connectivity index (χ1n) is 9.20. The highest BCUT2D eigenvalue weighted by molar-refractivity contribution is 8.15. The van der Waals surface area contributed by atoms with E-state index in [1.165, 1.54) is 11.8 Å². The van der Waals surface area contributed by atoms with E-state index in [0.29, 0.717) is 34.6 Å². The second-order valence-electron chi connectivity index (χ2n) is 6.20. The van der Waals surface area contributed by atoms with Gasteiger partial charge in [0.15, 0.2) is 5.17 Å². The molecule has 1 saturated heterocycles. The Morgan fingerprint density at radius 2 is 1.79 bits per heavy atom. The predicted octanol–water partition coefficient (Wildman–Crippen LogP) is 3.68. The first-order chi connectivity index (χ1) is 14.1. The maximum Gasteiger partial charge on any atom is 0.238 e. The van der Waals surface area contributed by atoms with Gasteiger partial charge in [0.25, 0.3) is 0 Å². The topological polar surface area (TPSA) is 80.2 Å². The maximum absolute atomic E-state index is 12.9. The van der Waals surface area contributed by atoms with Crippen LogP contribution in [-0.2, 0) is 9.59 Å². The second kappa shape index (κ2) is 9.47. The summed E-state index contributed by atoms with van der Waals surface area (Å²) in [4.78, 5) is 31.7. The zero-order valence-electron chi connectivity index (χ0n) is 16.5. The third-order valence-corrected chi connectivity index (χ3v) is 5.60. The van der Waals surface area contributed by atoms with Gasteiger partial charge < -0.3 is 14.8 Å². The normalized spacial score (nSPS) is 17.9. The van der Waals surface area contributed by atoms with Crippen LogP contribution in [0, 0.1) is 0 Å². The Bertz CT molecular complexity index is 932. The van der Waals surface area contributed by atoms with Crippen molar-refractivity contribution < 1.29 is 19.1 Å². The van der Waals surface area contributed by atoms with Crippen molar-refractivity contribution >= 4 is 40.1 Å². The van der Waals surface area contributed by atoms with Crippen molar-refractivity contribution in [3.05, 3.63) is 48.5 Å². The number of aliphatic imine (C=N–C) groups is 1. The molecule has 0 bridgehead atoms. The number of carbonyl (C=O) groups excluding carboxylic acids is 2. The van der Waals surface area contributed by atoms with Crippen molar-refractivity contribution in [2.24, 2.45) is 4.99 Å². The fraction of sp³-hybridized carbons (Fsp3) is 0.286. The van der Waals surface area contributed by atoms with Gasteiger partial charge in [-0.3, -0.25) is 14.5 Å². The van der Waals surface area contributed by atoms with Gasteiger partial charge in [-0.2, -0.15) is 0 Å². The largest absolute Gasteiger partial charge is 0.495 e. The van der Waals surface area contributed by atoms with Crippen LogP contribution in [0.5, 0.6) is 11.5 Å². The van der Waals surface area contributed by atoms with Crippen LogP contribution in [0.15, 0.2) is 53.5 Å². The summed E-state index contributed by atoms with van der Waals surface area (Å²) in [6.07, 6.45) is 0.102. The molecule has 2 amide bonds. The van der Waals surface area contributed by atoms with E-state index in [1.54, 1.807) is 37.3 Å². The number of benzene rings is 2. The smallest absolute Gasteiger partial charge is 0.238 e. The lowest BCUT2D eigenvalue weighted by Gasteiger charge is -2.31. The Morgan fingerprint density at radius 1 is 1.14 bits per heavy atom. The van der Waals surface area contributed by atoms with Crippen LogP contribution < -0.4 is 14.8 Å². The summed E-state index contributed by atoms with van der Waals surface area (Å²) in [6, 6.07) is 14.5. The van der Waals surface area contributed by atoms with E-state index in [0.717, 1.165) is 0 Å². The monoisotopic (exact) mass is 413 g/mol. The van der Waals surface area contributed by atoms with E-state index in [9.17, 15) is 9.59 Å². The average Bonchev–Trinajstić information content (AvgIpc) is 2.74. The molecule has 0 saturated carbocycles. The fourth-order valence-electron chi connectivity index (χ4n) is 2.94. The number of methoxy groups -OCH3 is 2. The predicted molar refractivity (Wildman–Crippen MR) is 115 cm³/mol. The van der Waals surface area contributed by atoms with E-state index in [1.807, 2.05) is 37.3 Å². The molecule has 1 atom stereocenters. The SMILES string of the molecule is CCN1C(=O)CC(C(=O)Nc2ccccc2OC)SC1=Nc1ccccc1OC. The number of amides is 2. The molecule has 3 rings (SSSR count). The molecule has 1 N–H and O–H groups in total. The summed E-state index contributed by atoms with van der Waals surface area (Å²) < 4.78 is 10.6. The van der Waals surface area contributed by atoms with Gasteiger partial charge in [-0.1, -0.05) is 36.0 Å². The van der Waals surface area contributed by atoms with Crippen LogP contribution >= 0.6 is 11.8 Å². The van der Waals surface area contributed by atoms with Gasteiger partial charge in [-0.25, -0.2) is 4.99 Å². The molecule has 0 spiro atoms. The lowest BCUT2D eigenvalue weighted by atomic mass is 10.2. The van der Waals surface area contributed by atoms with Crippen LogP contribution in [-0.4, -0.2) is 47.9 Å². The second-order valence-corrected chi connectivity index (χ2v) is 7.37. The highest BCUT2D eigenvalue weighted by Gasteiger charge is 2.35. The molecule has 29 heavy (non-hydrogen) atoms. The summed E-state index contributed by atoms with van der Waals surface area (Å²) in [7, 11) is 3.11. The van der Waals surface area contributed by atoms with Gasteiger partial charge in [-0.05, 0) is 31.2 Å². The third-order valence-electron chi connectivity index (χ3n) is 4.41. The van der Waals surface area contributed by atoms with Crippen molar-refractivity contribution in [3.8, 4) is 11.5 Å². The summed E-state index contributed by atoms with van der Waals surface area (Å²) in [5.41, 5.74) is 1.17. The molecule has 1 unspecified atom stereocenters. The molecule has 2 aromatic rings. The molecular weight excluding hydrogens is 390 g/mol. The number of amidine groups is 1. The van der Waals surface area contributed by atoms with Gasteiger partial charge in [0.05, 0.1) is 19.9 Å². The molecule has 0 aromatic heterocycles. The zero-order chi connectivity index (χ0) is 20.8. The standard InChI is InChI=1S/C21H23N3O4S/c1-4-24-19(25)13-18(20(26)22-14-9-5-7-11-16(14)27-2)29-21(24)23-15-10-6-8-12-17(15)28-3/h5-12,18H,4,13H2,1-3H3,(H,22,26). The number of rotatable bonds is 6. The van der Waals surface area contributed by atoms with Crippen LogP contribution in [0.4, 0.5) is 11.4 Å². The minimum Gasteiger partial charge on any atom is -0.495 e. The fourth-order valence-corrected chi connectivity index (χ4v) is 4.09. The van der Waals surface area contributed by atoms with E-state index in [2.05, 4.69) is 10.3 Å². The van der Waals surface area contributed by atoms with Gasteiger partial charge >= 0.3 is 0 Å². The van der Waals surface area contributed by atoms with E-state index < -0.39 is 5.25 Å². The molecule has 152 valence electrons. The van der Waals surface area contributed by atoms with E-state index in [4.69, 9.17) is 9.47 Å². The molecule has 1 aliphatic rings. The van der Waals surface area contributed by atoms with Crippen molar-refractivity contribution in [3.63, 3.8) is 0 Å². The molecule has 8 heteroatoms. The van der Waals surface area contributed by atoms with Gasteiger partial charge in [0.1, 0.15) is 22.4 Å². The number of para-hydroxylation sites is 4. The maximum atomic E-state index is 12.9. The van der Waals surface area contributed by atoms with Crippen LogP contribution in [0.2, 0.25) is 0 Å². The quantitative estimate of drug-likeness (QED) is 0.781. The Balaban J connectivity index is 1.85. The van der Waals surface area contributed by atoms with Crippen LogP contribution in [0.25, 0.3) is 0 Å². The minimum atomic E-state index is -0.594. The summed E-state index contributed by atoms with van der Waals surface area (Å²) in [5.74, 6) is 0.757. The summed E-state index contributed by atoms with van der Waals surface area (Å²) in [5, 5.41) is 2.74. The van der Waals surface area contributed by atoms with Gasteiger partial charge in [-0.15, -0.1) is 0 Å². The lowest BCUT2D eigenvalue weighted by Crippen LogP contribution is -2.45. The zero-order valence-corrected chi connectivity index (χ0v) is 17.4. The molecule has 0 aliphatic carbocycles. The molecular formula is C21H23N3O4S. The number of nitrogens with one attached hydrogen (secondary N) is 1. The number of ether oxygens (including phenoxy) is 2. The Morgan fingerprint density at radius 3 is 2.48 bits per heavy atom. The molecule has 1 heterocycles. The highest BCUT2D eigenvalue weighted by Crippen LogP contribution is 2.33. The van der Waals surface area contributed by atoms with Crippen LogP contribution in [0.1, 0.15) is 13.3 Å². The van der Waals surface area contributed by atoms with E-state index in [-0.39, 0.29) is 18.2 Å². The van der Waals surface area contributed by atoms with Gasteiger partial charge in [0.2, 0.25) is 11.8 Å². The van der Waals surface area contributed by atoms with Crippen molar-refractivity contribution in [1.29, 1.82) is 0 Å². The van der Waals surface area contributed by atoms with Crippen molar-refractivity contribution in [1.82, 2.24) is 4.90 Å². The van der Waals surface area contributed by atoms with Crippen molar-refractivity contribution in [2.45, 2.75) is 18.6 Å².